The van der Waals surface area contributed by atoms with Gasteiger partial charge in [-0.25, -0.2) is 4.39 Å². The van der Waals surface area contributed by atoms with Gasteiger partial charge in [-0.15, -0.1) is 0 Å². The first-order valence-corrected chi connectivity index (χ1v) is 7.10. The fourth-order valence-corrected chi connectivity index (χ4v) is 2.32. The quantitative estimate of drug-likeness (QED) is 0.621. The predicted octanol–water partition coefficient (Wildman–Crippen LogP) is 4.05. The number of halogens is 1. The molecular formula is C17H20FN3. The molecule has 0 aliphatic rings. The molecule has 2 aromatic carbocycles. The van der Waals surface area contributed by atoms with Crippen molar-refractivity contribution in [3.8, 4) is 0 Å². The first-order chi connectivity index (χ1) is 10.1. The Hall–Kier alpha value is -2.36. The molecule has 2 aromatic rings. The van der Waals surface area contributed by atoms with Gasteiger partial charge in [-0.1, -0.05) is 37.6 Å². The zero-order valence-corrected chi connectivity index (χ0v) is 12.1. The van der Waals surface area contributed by atoms with E-state index in [1.54, 1.807) is 6.07 Å². The number of nitrogen functional groups attached to an aromatic ring is 1. The second-order valence-electron chi connectivity index (χ2n) is 4.89. The topological polar surface area (TPSA) is 53.1 Å². The summed E-state index contributed by atoms with van der Waals surface area (Å²) in [5.74, 6) is -0.710. The molecular weight excluding hydrogens is 265 g/mol. The zero-order valence-electron chi connectivity index (χ0n) is 12.1. The smallest absolute Gasteiger partial charge is 0.136 e. The maximum atomic E-state index is 14.1. The minimum absolute atomic E-state index is 0.164. The Labute approximate surface area is 124 Å². The Balaban J connectivity index is 2.52. The van der Waals surface area contributed by atoms with Gasteiger partial charge in [0.05, 0.1) is 11.3 Å². The highest BCUT2D eigenvalue weighted by Gasteiger charge is 2.17. The van der Waals surface area contributed by atoms with Gasteiger partial charge in [-0.05, 0) is 30.7 Å². The van der Waals surface area contributed by atoms with E-state index in [4.69, 9.17) is 11.1 Å². The van der Waals surface area contributed by atoms with Crippen LogP contribution >= 0.6 is 0 Å². The average molecular weight is 285 g/mol. The number of benzene rings is 2. The lowest BCUT2D eigenvalue weighted by Crippen LogP contribution is -2.24. The van der Waals surface area contributed by atoms with Crippen LogP contribution in [-0.4, -0.2) is 12.4 Å². The van der Waals surface area contributed by atoms with Crippen molar-refractivity contribution in [1.82, 2.24) is 0 Å². The van der Waals surface area contributed by atoms with Gasteiger partial charge in [0, 0.05) is 12.2 Å². The SMILES string of the molecule is CCCCN(c1ccccc1)c1cccc(F)c1C(=N)N. The fraction of sp³-hybridized carbons (Fsp3) is 0.235. The first kappa shape index (κ1) is 15.0. The minimum Gasteiger partial charge on any atom is -0.384 e. The van der Waals surface area contributed by atoms with E-state index in [0.717, 1.165) is 25.1 Å². The van der Waals surface area contributed by atoms with Crippen molar-refractivity contribution < 1.29 is 4.39 Å². The minimum atomic E-state index is -0.461. The molecule has 0 spiro atoms. The average Bonchev–Trinajstić information content (AvgIpc) is 2.48. The van der Waals surface area contributed by atoms with E-state index in [1.807, 2.05) is 41.3 Å². The fourth-order valence-electron chi connectivity index (χ4n) is 2.32. The summed E-state index contributed by atoms with van der Waals surface area (Å²) in [4.78, 5) is 2.02. The van der Waals surface area contributed by atoms with Crippen molar-refractivity contribution in [3.05, 3.63) is 59.9 Å². The van der Waals surface area contributed by atoms with Gasteiger partial charge in [-0.3, -0.25) is 5.41 Å². The molecule has 3 N–H and O–H groups in total. The molecule has 2 rings (SSSR count). The molecule has 21 heavy (non-hydrogen) atoms. The highest BCUT2D eigenvalue weighted by atomic mass is 19.1. The summed E-state index contributed by atoms with van der Waals surface area (Å²) in [6.07, 6.45) is 2.01. The Morgan fingerprint density at radius 2 is 1.86 bits per heavy atom. The van der Waals surface area contributed by atoms with Gasteiger partial charge in [-0.2, -0.15) is 0 Å². The number of hydrogen-bond donors (Lipinski definition) is 2. The van der Waals surface area contributed by atoms with Crippen LogP contribution in [0.15, 0.2) is 48.5 Å². The monoisotopic (exact) mass is 285 g/mol. The Kier molecular flexibility index (Phi) is 4.93. The lowest BCUT2D eigenvalue weighted by molar-refractivity contribution is 0.624. The summed E-state index contributed by atoms with van der Waals surface area (Å²) in [6.45, 7) is 2.87. The maximum absolute atomic E-state index is 14.1. The van der Waals surface area contributed by atoms with Crippen LogP contribution in [0.5, 0.6) is 0 Å². The van der Waals surface area contributed by atoms with Gasteiger partial charge in [0.15, 0.2) is 0 Å². The van der Waals surface area contributed by atoms with E-state index in [1.165, 1.54) is 6.07 Å². The van der Waals surface area contributed by atoms with E-state index in [9.17, 15) is 4.39 Å². The zero-order chi connectivity index (χ0) is 15.2. The molecule has 0 heterocycles. The number of nitrogens with two attached hydrogens (primary N) is 1. The molecule has 3 nitrogen and oxygen atoms in total. The molecule has 0 bridgehead atoms. The molecule has 0 aromatic heterocycles. The molecule has 0 amide bonds. The van der Waals surface area contributed by atoms with Crippen molar-refractivity contribution in [2.45, 2.75) is 19.8 Å². The third-order valence-corrected chi connectivity index (χ3v) is 3.35. The predicted molar refractivity (Wildman–Crippen MR) is 85.8 cm³/mol. The van der Waals surface area contributed by atoms with Crippen LogP contribution in [0.2, 0.25) is 0 Å². The number of hydrogen-bond acceptors (Lipinski definition) is 2. The lowest BCUT2D eigenvalue weighted by Gasteiger charge is -2.27. The van der Waals surface area contributed by atoms with Gasteiger partial charge in [0.2, 0.25) is 0 Å². The maximum Gasteiger partial charge on any atom is 0.136 e. The van der Waals surface area contributed by atoms with Crippen LogP contribution in [0.3, 0.4) is 0 Å². The molecule has 110 valence electrons. The second kappa shape index (κ2) is 6.88. The van der Waals surface area contributed by atoms with Gasteiger partial charge in [0.25, 0.3) is 0 Å². The number of unbranched alkanes of at least 4 members (excludes halogenated alkanes) is 1. The number of nitrogens with zero attached hydrogens (tertiary/aromatic N) is 1. The highest BCUT2D eigenvalue weighted by molar-refractivity contribution is 6.01. The number of anilines is 2. The molecule has 4 heteroatoms. The summed E-state index contributed by atoms with van der Waals surface area (Å²) >= 11 is 0. The lowest BCUT2D eigenvalue weighted by atomic mass is 10.1. The van der Waals surface area contributed by atoms with Gasteiger partial charge >= 0.3 is 0 Å². The second-order valence-corrected chi connectivity index (χ2v) is 4.89. The number of amidine groups is 1. The van der Waals surface area contributed by atoms with Crippen LogP contribution in [0.4, 0.5) is 15.8 Å². The van der Waals surface area contributed by atoms with E-state index in [-0.39, 0.29) is 11.4 Å². The number of nitrogens with one attached hydrogen (secondary N) is 1. The molecule has 0 unspecified atom stereocenters. The number of para-hydroxylation sites is 1. The summed E-state index contributed by atoms with van der Waals surface area (Å²) in [7, 11) is 0. The largest absolute Gasteiger partial charge is 0.384 e. The normalized spacial score (nSPS) is 10.4. The first-order valence-electron chi connectivity index (χ1n) is 7.10. The van der Waals surface area contributed by atoms with Crippen LogP contribution < -0.4 is 10.6 Å². The molecule has 0 fully saturated rings. The van der Waals surface area contributed by atoms with Crippen LogP contribution in [0.1, 0.15) is 25.3 Å². The molecule has 0 saturated carbocycles. The van der Waals surface area contributed by atoms with E-state index < -0.39 is 5.82 Å². The third kappa shape index (κ3) is 3.40. The van der Waals surface area contributed by atoms with E-state index in [2.05, 4.69) is 6.92 Å². The van der Waals surface area contributed by atoms with Crippen LogP contribution in [0, 0.1) is 11.2 Å². The number of rotatable bonds is 6. The Morgan fingerprint density at radius 3 is 2.48 bits per heavy atom. The van der Waals surface area contributed by atoms with Gasteiger partial charge < -0.3 is 10.6 Å². The molecule has 0 radical (unpaired) electrons. The summed E-state index contributed by atoms with van der Waals surface area (Å²) in [5.41, 5.74) is 7.35. The molecule has 0 atom stereocenters. The van der Waals surface area contributed by atoms with E-state index >= 15 is 0 Å². The van der Waals surface area contributed by atoms with Crippen LogP contribution in [0.25, 0.3) is 0 Å². The van der Waals surface area contributed by atoms with Crippen molar-refractivity contribution in [1.29, 1.82) is 5.41 Å². The van der Waals surface area contributed by atoms with E-state index in [0.29, 0.717) is 5.69 Å². The van der Waals surface area contributed by atoms with Crippen LogP contribution in [-0.2, 0) is 0 Å². The molecule has 0 aliphatic heterocycles. The summed E-state index contributed by atoms with van der Waals surface area (Å²) < 4.78 is 14.1. The molecule has 0 saturated heterocycles. The summed E-state index contributed by atoms with van der Waals surface area (Å²) in [5, 5.41) is 7.66. The third-order valence-electron chi connectivity index (χ3n) is 3.35. The van der Waals surface area contributed by atoms with Gasteiger partial charge in [0.1, 0.15) is 11.7 Å². The van der Waals surface area contributed by atoms with Crippen molar-refractivity contribution in [2.75, 3.05) is 11.4 Å². The standard InChI is InChI=1S/C17H20FN3/c1-2-3-12-21(13-8-5-4-6-9-13)15-11-7-10-14(18)16(15)17(19)20/h4-11H,2-3,12H2,1H3,(H3,19,20). The van der Waals surface area contributed by atoms with Crippen molar-refractivity contribution in [2.24, 2.45) is 5.73 Å². The Bertz CT molecular complexity index is 611. The summed E-state index contributed by atoms with van der Waals surface area (Å²) in [6, 6.07) is 14.6. The molecule has 0 aliphatic carbocycles. The van der Waals surface area contributed by atoms with Crippen molar-refractivity contribution >= 4 is 17.2 Å². The Morgan fingerprint density at radius 1 is 1.14 bits per heavy atom. The van der Waals surface area contributed by atoms with Crippen molar-refractivity contribution in [3.63, 3.8) is 0 Å². The highest BCUT2D eigenvalue weighted by Crippen LogP contribution is 2.30.